The Kier molecular flexibility index (Phi) is 4.45. The Labute approximate surface area is 109 Å². The van der Waals surface area contributed by atoms with Crippen LogP contribution in [0.3, 0.4) is 0 Å². The van der Waals surface area contributed by atoms with Gasteiger partial charge in [-0.15, -0.1) is 0 Å². The lowest BCUT2D eigenvalue weighted by Gasteiger charge is -2.40. The summed E-state index contributed by atoms with van der Waals surface area (Å²) >= 11 is 0. The number of nitrogens with one attached hydrogen (secondary N) is 1. The van der Waals surface area contributed by atoms with Crippen LogP contribution < -0.4 is 5.32 Å². The predicted octanol–water partition coefficient (Wildman–Crippen LogP) is 1.23. The largest absolute Gasteiger partial charge is 0.381 e. The van der Waals surface area contributed by atoms with Gasteiger partial charge in [-0.25, -0.2) is 4.79 Å². The van der Waals surface area contributed by atoms with E-state index in [9.17, 15) is 4.79 Å². The average molecular weight is 256 g/mol. The van der Waals surface area contributed by atoms with Crippen LogP contribution in [-0.4, -0.2) is 56.0 Å². The standard InChI is InChI=1S/C13H24N2O3/c1-3-13(2)10-15(5-7-18-13)12(16)14-8-11-4-6-17-9-11/h11H,3-10H2,1-2H3,(H,14,16)/t11-,13-/m0/s1. The molecule has 18 heavy (non-hydrogen) atoms. The lowest BCUT2D eigenvalue weighted by Crippen LogP contribution is -2.54. The highest BCUT2D eigenvalue weighted by Gasteiger charge is 2.32. The number of amides is 2. The molecule has 2 amide bonds. The zero-order valence-electron chi connectivity index (χ0n) is 11.4. The van der Waals surface area contributed by atoms with Gasteiger partial charge in [0.1, 0.15) is 0 Å². The number of hydrogen-bond acceptors (Lipinski definition) is 3. The van der Waals surface area contributed by atoms with E-state index in [1.54, 1.807) is 0 Å². The van der Waals surface area contributed by atoms with Crippen molar-refractivity contribution in [3.05, 3.63) is 0 Å². The fourth-order valence-electron chi connectivity index (χ4n) is 2.41. The third-order valence-corrected chi connectivity index (χ3v) is 3.94. The molecule has 2 saturated heterocycles. The third kappa shape index (κ3) is 3.36. The Balaban J connectivity index is 1.77. The van der Waals surface area contributed by atoms with Crippen molar-refractivity contribution < 1.29 is 14.3 Å². The molecule has 2 heterocycles. The van der Waals surface area contributed by atoms with Crippen molar-refractivity contribution in [3.63, 3.8) is 0 Å². The van der Waals surface area contributed by atoms with Crippen LogP contribution in [0.5, 0.6) is 0 Å². The quantitative estimate of drug-likeness (QED) is 0.826. The van der Waals surface area contributed by atoms with E-state index in [1.165, 1.54) is 0 Å². The molecular formula is C13H24N2O3. The molecular weight excluding hydrogens is 232 g/mol. The first-order valence-corrected chi connectivity index (χ1v) is 6.87. The van der Waals surface area contributed by atoms with E-state index in [4.69, 9.17) is 9.47 Å². The Hall–Kier alpha value is -0.810. The fraction of sp³-hybridized carbons (Fsp3) is 0.923. The molecule has 5 nitrogen and oxygen atoms in total. The average Bonchev–Trinajstić information content (AvgIpc) is 2.89. The van der Waals surface area contributed by atoms with E-state index < -0.39 is 0 Å². The highest BCUT2D eigenvalue weighted by molar-refractivity contribution is 5.74. The zero-order chi connectivity index (χ0) is 13.0. The number of ether oxygens (including phenoxy) is 2. The van der Waals surface area contributed by atoms with Crippen LogP contribution in [0.4, 0.5) is 4.79 Å². The summed E-state index contributed by atoms with van der Waals surface area (Å²) in [4.78, 5) is 13.9. The van der Waals surface area contributed by atoms with Crippen molar-refractivity contribution in [3.8, 4) is 0 Å². The predicted molar refractivity (Wildman–Crippen MR) is 68.5 cm³/mol. The topological polar surface area (TPSA) is 50.8 Å². The number of urea groups is 1. The highest BCUT2D eigenvalue weighted by Crippen LogP contribution is 2.21. The Morgan fingerprint density at radius 3 is 3.00 bits per heavy atom. The minimum atomic E-state index is -0.188. The van der Waals surface area contributed by atoms with E-state index >= 15 is 0 Å². The van der Waals surface area contributed by atoms with Crippen molar-refractivity contribution in [2.45, 2.75) is 32.3 Å². The summed E-state index contributed by atoms with van der Waals surface area (Å²) < 4.78 is 11.0. The van der Waals surface area contributed by atoms with Gasteiger partial charge in [0, 0.05) is 25.6 Å². The molecule has 0 aliphatic carbocycles. The van der Waals surface area contributed by atoms with E-state index in [2.05, 4.69) is 19.2 Å². The number of rotatable bonds is 3. The van der Waals surface area contributed by atoms with E-state index in [0.29, 0.717) is 25.6 Å². The summed E-state index contributed by atoms with van der Waals surface area (Å²) in [6.45, 7) is 8.47. The molecule has 0 spiro atoms. The van der Waals surface area contributed by atoms with Gasteiger partial charge in [-0.1, -0.05) is 6.92 Å². The van der Waals surface area contributed by atoms with Crippen LogP contribution in [0.25, 0.3) is 0 Å². The molecule has 2 aliphatic heterocycles. The summed E-state index contributed by atoms with van der Waals surface area (Å²) in [5, 5.41) is 3.01. The maximum absolute atomic E-state index is 12.1. The molecule has 0 aromatic heterocycles. The van der Waals surface area contributed by atoms with Gasteiger partial charge >= 0.3 is 6.03 Å². The first-order chi connectivity index (χ1) is 8.63. The minimum Gasteiger partial charge on any atom is -0.381 e. The van der Waals surface area contributed by atoms with Crippen molar-refractivity contribution in [2.24, 2.45) is 5.92 Å². The molecule has 2 rings (SSSR count). The number of carbonyl (C=O) groups excluding carboxylic acids is 1. The molecule has 1 N–H and O–H groups in total. The normalized spacial score (nSPS) is 32.6. The molecule has 2 aliphatic rings. The zero-order valence-corrected chi connectivity index (χ0v) is 11.4. The second kappa shape index (κ2) is 5.89. The minimum absolute atomic E-state index is 0.0323. The summed E-state index contributed by atoms with van der Waals surface area (Å²) in [7, 11) is 0. The molecule has 5 heteroatoms. The lowest BCUT2D eigenvalue weighted by molar-refractivity contribution is -0.0873. The van der Waals surface area contributed by atoms with Gasteiger partial charge in [0.15, 0.2) is 0 Å². The lowest BCUT2D eigenvalue weighted by atomic mass is 10.0. The second-order valence-electron chi connectivity index (χ2n) is 5.49. The first kappa shape index (κ1) is 13.6. The number of morpholine rings is 1. The van der Waals surface area contributed by atoms with Crippen molar-refractivity contribution in [1.82, 2.24) is 10.2 Å². The van der Waals surface area contributed by atoms with Gasteiger partial charge in [-0.05, 0) is 19.8 Å². The first-order valence-electron chi connectivity index (χ1n) is 6.87. The van der Waals surface area contributed by atoms with Gasteiger partial charge < -0.3 is 19.7 Å². The van der Waals surface area contributed by atoms with Crippen LogP contribution in [0.1, 0.15) is 26.7 Å². The Bertz CT molecular complexity index is 292. The molecule has 0 bridgehead atoms. The van der Waals surface area contributed by atoms with Crippen LogP contribution in [0, 0.1) is 5.92 Å². The number of hydrogen-bond donors (Lipinski definition) is 1. The van der Waals surface area contributed by atoms with E-state index in [0.717, 1.165) is 32.6 Å². The molecule has 2 fully saturated rings. The van der Waals surface area contributed by atoms with Crippen molar-refractivity contribution >= 4 is 6.03 Å². The smallest absolute Gasteiger partial charge is 0.317 e. The third-order valence-electron chi connectivity index (χ3n) is 3.94. The summed E-state index contributed by atoms with van der Waals surface area (Å²) in [5.74, 6) is 0.479. The molecule has 104 valence electrons. The van der Waals surface area contributed by atoms with E-state index in [1.807, 2.05) is 4.90 Å². The molecule has 0 radical (unpaired) electrons. The molecule has 0 aromatic carbocycles. The monoisotopic (exact) mass is 256 g/mol. The summed E-state index contributed by atoms with van der Waals surface area (Å²) in [5.41, 5.74) is -0.188. The van der Waals surface area contributed by atoms with E-state index in [-0.39, 0.29) is 11.6 Å². The van der Waals surface area contributed by atoms with Gasteiger partial charge in [0.2, 0.25) is 0 Å². The molecule has 2 atom stereocenters. The van der Waals surface area contributed by atoms with Gasteiger partial charge in [0.05, 0.1) is 25.4 Å². The summed E-state index contributed by atoms with van der Waals surface area (Å²) in [6.07, 6.45) is 1.98. The van der Waals surface area contributed by atoms with Gasteiger partial charge in [-0.3, -0.25) is 0 Å². The Morgan fingerprint density at radius 2 is 2.33 bits per heavy atom. The molecule has 0 saturated carbocycles. The van der Waals surface area contributed by atoms with Crippen LogP contribution >= 0.6 is 0 Å². The second-order valence-corrected chi connectivity index (χ2v) is 5.49. The SMILES string of the molecule is CC[C@@]1(C)CN(C(=O)NC[C@@H]2CCOC2)CCO1. The Morgan fingerprint density at radius 1 is 1.50 bits per heavy atom. The summed E-state index contributed by atoms with van der Waals surface area (Å²) in [6, 6.07) is 0.0323. The van der Waals surface area contributed by atoms with Crippen LogP contribution in [0.2, 0.25) is 0 Å². The van der Waals surface area contributed by atoms with Crippen molar-refractivity contribution in [1.29, 1.82) is 0 Å². The van der Waals surface area contributed by atoms with Gasteiger partial charge in [0.25, 0.3) is 0 Å². The van der Waals surface area contributed by atoms with Crippen LogP contribution in [0.15, 0.2) is 0 Å². The molecule has 0 aromatic rings. The van der Waals surface area contributed by atoms with Crippen LogP contribution in [-0.2, 0) is 9.47 Å². The van der Waals surface area contributed by atoms with Gasteiger partial charge in [-0.2, -0.15) is 0 Å². The van der Waals surface area contributed by atoms with Crippen molar-refractivity contribution in [2.75, 3.05) is 39.5 Å². The number of carbonyl (C=O) groups is 1. The maximum atomic E-state index is 12.1. The maximum Gasteiger partial charge on any atom is 0.317 e. The fourth-order valence-corrected chi connectivity index (χ4v) is 2.41. The number of nitrogens with zero attached hydrogens (tertiary/aromatic N) is 1. The molecule has 0 unspecified atom stereocenters. The highest BCUT2D eigenvalue weighted by atomic mass is 16.5.